The van der Waals surface area contributed by atoms with Gasteiger partial charge >= 0.3 is 0 Å². The van der Waals surface area contributed by atoms with Crippen LogP contribution in [0.1, 0.15) is 5.56 Å². The zero-order valence-corrected chi connectivity index (χ0v) is 7.13. The minimum absolute atomic E-state index is 0. The molecule has 0 saturated heterocycles. The summed E-state index contributed by atoms with van der Waals surface area (Å²) in [6.07, 6.45) is 0. The van der Waals surface area contributed by atoms with E-state index in [-0.39, 0.29) is 30.6 Å². The van der Waals surface area contributed by atoms with Crippen molar-refractivity contribution in [2.75, 3.05) is 0 Å². The predicted molar refractivity (Wildman–Crippen MR) is 41.6 cm³/mol. The SMILES string of the molecule is Cc1ccccc1.S.[Cu]. The first-order valence-corrected chi connectivity index (χ1v) is 2.41. The molecule has 0 aliphatic rings. The quantitative estimate of drug-likeness (QED) is 0.549. The van der Waals surface area contributed by atoms with E-state index in [0.29, 0.717) is 0 Å². The molecule has 1 rings (SSSR count). The molecule has 1 aromatic rings. The van der Waals surface area contributed by atoms with E-state index in [0.717, 1.165) is 0 Å². The smallest absolute Gasteiger partial charge is 0 e. The first kappa shape index (κ1) is 11.8. The molecule has 1 radical (unpaired) electrons. The molecule has 1 aromatic carbocycles. The summed E-state index contributed by atoms with van der Waals surface area (Å²) in [7, 11) is 0. The number of benzene rings is 1. The van der Waals surface area contributed by atoms with Crippen molar-refractivity contribution in [1.29, 1.82) is 0 Å². The van der Waals surface area contributed by atoms with Gasteiger partial charge in [0.2, 0.25) is 0 Å². The summed E-state index contributed by atoms with van der Waals surface area (Å²) in [5.74, 6) is 0. The van der Waals surface area contributed by atoms with Crippen LogP contribution in [0, 0.1) is 6.92 Å². The zero-order valence-electron chi connectivity index (χ0n) is 5.19. The van der Waals surface area contributed by atoms with E-state index in [1.807, 2.05) is 18.2 Å². The summed E-state index contributed by atoms with van der Waals surface area (Å²) >= 11 is 0. The standard InChI is InChI=1S/C7H8.Cu.H2S/c1-7-5-3-2-4-6-7;;/h2-6H,1H3;;1H2. The fourth-order valence-corrected chi connectivity index (χ4v) is 0.534. The van der Waals surface area contributed by atoms with Crippen molar-refractivity contribution in [3.05, 3.63) is 35.9 Å². The van der Waals surface area contributed by atoms with Crippen molar-refractivity contribution in [2.45, 2.75) is 6.92 Å². The molecule has 0 saturated carbocycles. The maximum atomic E-state index is 2.08. The van der Waals surface area contributed by atoms with Crippen LogP contribution in [0.5, 0.6) is 0 Å². The molecule has 0 aliphatic carbocycles. The van der Waals surface area contributed by atoms with Gasteiger partial charge in [-0.25, -0.2) is 0 Å². The number of rotatable bonds is 0. The molecule has 0 aromatic heterocycles. The molecule has 0 heterocycles. The zero-order chi connectivity index (χ0) is 5.11. The Bertz CT molecular complexity index is 139. The maximum Gasteiger partial charge on any atom is 0 e. The largest absolute Gasteiger partial charge is 0.197 e. The first-order chi connectivity index (χ1) is 3.39. The summed E-state index contributed by atoms with van der Waals surface area (Å²) in [6.45, 7) is 2.08. The summed E-state index contributed by atoms with van der Waals surface area (Å²) in [6, 6.07) is 10.3. The molecule has 0 unspecified atom stereocenters. The molecule has 0 nitrogen and oxygen atoms in total. The van der Waals surface area contributed by atoms with Crippen LogP contribution in [0.2, 0.25) is 0 Å². The summed E-state index contributed by atoms with van der Waals surface area (Å²) in [4.78, 5) is 0. The van der Waals surface area contributed by atoms with Crippen molar-refractivity contribution >= 4 is 13.5 Å². The van der Waals surface area contributed by atoms with Gasteiger partial charge in [-0.05, 0) is 6.92 Å². The summed E-state index contributed by atoms with van der Waals surface area (Å²) < 4.78 is 0. The molecule has 55 valence electrons. The topological polar surface area (TPSA) is 0 Å². The van der Waals surface area contributed by atoms with Gasteiger partial charge in [-0.1, -0.05) is 35.9 Å². The van der Waals surface area contributed by atoms with E-state index in [4.69, 9.17) is 0 Å². The summed E-state index contributed by atoms with van der Waals surface area (Å²) in [5.41, 5.74) is 1.32. The van der Waals surface area contributed by atoms with Crippen molar-refractivity contribution < 1.29 is 17.1 Å². The van der Waals surface area contributed by atoms with Gasteiger partial charge in [0, 0.05) is 17.1 Å². The van der Waals surface area contributed by atoms with Gasteiger partial charge in [0.25, 0.3) is 0 Å². The molecule has 0 spiro atoms. The van der Waals surface area contributed by atoms with Crippen LogP contribution >= 0.6 is 13.5 Å². The van der Waals surface area contributed by atoms with Crippen LogP contribution in [0.15, 0.2) is 30.3 Å². The van der Waals surface area contributed by atoms with Crippen LogP contribution < -0.4 is 0 Å². The molecule has 0 bridgehead atoms. The average Bonchev–Trinajstić information content (AvgIpc) is 1.69. The molecule has 0 fully saturated rings. The van der Waals surface area contributed by atoms with Gasteiger partial charge in [-0.2, -0.15) is 13.5 Å². The third kappa shape index (κ3) is 4.58. The fourth-order valence-electron chi connectivity index (χ4n) is 0.534. The van der Waals surface area contributed by atoms with Crippen LogP contribution in [0.25, 0.3) is 0 Å². The Morgan fingerprint density at radius 1 is 1.00 bits per heavy atom. The Kier molecular flexibility index (Phi) is 8.17. The Balaban J connectivity index is 0. The van der Waals surface area contributed by atoms with Crippen LogP contribution in [0.3, 0.4) is 0 Å². The Morgan fingerprint density at radius 2 is 1.44 bits per heavy atom. The molecule has 0 aliphatic heterocycles. The normalized spacial score (nSPS) is 6.78. The van der Waals surface area contributed by atoms with E-state index >= 15 is 0 Å². The molecule has 9 heavy (non-hydrogen) atoms. The minimum atomic E-state index is 0. The monoisotopic (exact) mass is 189 g/mol. The summed E-state index contributed by atoms with van der Waals surface area (Å²) in [5, 5.41) is 0. The fraction of sp³-hybridized carbons (Fsp3) is 0.143. The van der Waals surface area contributed by atoms with Gasteiger partial charge < -0.3 is 0 Å². The number of aryl methyl sites for hydroxylation is 1. The first-order valence-electron chi connectivity index (χ1n) is 2.41. The van der Waals surface area contributed by atoms with Gasteiger partial charge in [0.15, 0.2) is 0 Å². The third-order valence-corrected chi connectivity index (χ3v) is 0.940. The van der Waals surface area contributed by atoms with Crippen LogP contribution in [0.4, 0.5) is 0 Å². The maximum absolute atomic E-state index is 2.08. The second-order valence-corrected chi connectivity index (χ2v) is 1.65. The third-order valence-electron chi connectivity index (χ3n) is 0.940. The number of hydrogen-bond acceptors (Lipinski definition) is 0. The van der Waals surface area contributed by atoms with Crippen LogP contribution in [-0.4, -0.2) is 0 Å². The van der Waals surface area contributed by atoms with Crippen LogP contribution in [-0.2, 0) is 17.1 Å². The van der Waals surface area contributed by atoms with E-state index in [1.54, 1.807) is 0 Å². The van der Waals surface area contributed by atoms with Gasteiger partial charge in [0.05, 0.1) is 0 Å². The number of hydrogen-bond donors (Lipinski definition) is 0. The van der Waals surface area contributed by atoms with Crippen molar-refractivity contribution in [1.82, 2.24) is 0 Å². The molecular weight excluding hydrogens is 180 g/mol. The van der Waals surface area contributed by atoms with Crippen molar-refractivity contribution in [2.24, 2.45) is 0 Å². The molecule has 2 heteroatoms. The van der Waals surface area contributed by atoms with E-state index in [1.165, 1.54) is 5.56 Å². The Labute approximate surface area is 73.6 Å². The molecule has 0 amide bonds. The second kappa shape index (κ2) is 6.21. The molecule has 0 atom stereocenters. The Morgan fingerprint density at radius 3 is 1.67 bits per heavy atom. The van der Waals surface area contributed by atoms with Gasteiger partial charge in [-0.3, -0.25) is 0 Å². The Hall–Kier alpha value is 0.0895. The van der Waals surface area contributed by atoms with Gasteiger partial charge in [-0.15, -0.1) is 0 Å². The van der Waals surface area contributed by atoms with Crippen molar-refractivity contribution in [3.8, 4) is 0 Å². The second-order valence-electron chi connectivity index (χ2n) is 1.65. The molecular formula is C7H10CuS. The van der Waals surface area contributed by atoms with Gasteiger partial charge in [0.1, 0.15) is 0 Å². The van der Waals surface area contributed by atoms with Crippen molar-refractivity contribution in [3.63, 3.8) is 0 Å². The minimum Gasteiger partial charge on any atom is -0.197 e. The average molecular weight is 190 g/mol. The predicted octanol–water partition coefficient (Wildman–Crippen LogP) is 2.11. The van der Waals surface area contributed by atoms with E-state index < -0.39 is 0 Å². The van der Waals surface area contributed by atoms with E-state index in [2.05, 4.69) is 19.1 Å². The van der Waals surface area contributed by atoms with E-state index in [9.17, 15) is 0 Å². The molecule has 0 N–H and O–H groups in total.